The lowest BCUT2D eigenvalue weighted by atomic mass is 10.2. The number of fused-ring (bicyclic) bond motifs is 1. The zero-order chi connectivity index (χ0) is 17.1. The molecule has 1 aromatic carbocycles. The fourth-order valence-electron chi connectivity index (χ4n) is 2.86. The van der Waals surface area contributed by atoms with Gasteiger partial charge in [-0.05, 0) is 19.2 Å². The Morgan fingerprint density at radius 3 is 2.62 bits per heavy atom. The lowest BCUT2D eigenvalue weighted by Gasteiger charge is -2.32. The van der Waals surface area contributed by atoms with Gasteiger partial charge in [0.1, 0.15) is 5.82 Å². The Morgan fingerprint density at radius 2 is 1.88 bits per heavy atom. The minimum Gasteiger partial charge on any atom is -0.304 e. The molecule has 1 saturated heterocycles. The van der Waals surface area contributed by atoms with Gasteiger partial charge >= 0.3 is 0 Å². The summed E-state index contributed by atoms with van der Waals surface area (Å²) < 4.78 is 1.53. The number of hydrazine groups is 1. The van der Waals surface area contributed by atoms with Crippen molar-refractivity contribution in [2.45, 2.75) is 12.8 Å². The van der Waals surface area contributed by atoms with Crippen molar-refractivity contribution in [1.29, 1.82) is 0 Å². The number of carbonyl (C=O) groups excluding carboxylic acids is 1. The third kappa shape index (κ3) is 3.63. The van der Waals surface area contributed by atoms with E-state index in [1.807, 2.05) is 23.2 Å². The van der Waals surface area contributed by atoms with Crippen molar-refractivity contribution in [2.24, 2.45) is 7.05 Å². The molecule has 7 nitrogen and oxygen atoms in total. The number of nitrogens with zero attached hydrogens (tertiary/aromatic N) is 4. The van der Waals surface area contributed by atoms with Gasteiger partial charge in [-0.25, -0.2) is 9.99 Å². The summed E-state index contributed by atoms with van der Waals surface area (Å²) >= 11 is 0. The van der Waals surface area contributed by atoms with E-state index in [1.165, 1.54) is 4.57 Å². The van der Waals surface area contributed by atoms with Gasteiger partial charge < -0.3 is 4.90 Å². The van der Waals surface area contributed by atoms with E-state index in [4.69, 9.17) is 0 Å². The summed E-state index contributed by atoms with van der Waals surface area (Å²) in [4.78, 5) is 31.3. The van der Waals surface area contributed by atoms with Gasteiger partial charge in [0.25, 0.3) is 5.56 Å². The molecule has 1 aliphatic heterocycles. The predicted octanol–water partition coefficient (Wildman–Crippen LogP) is 0.145. The molecule has 0 bridgehead atoms. The van der Waals surface area contributed by atoms with E-state index in [0.29, 0.717) is 29.6 Å². The van der Waals surface area contributed by atoms with E-state index in [2.05, 4.69) is 22.4 Å². The predicted molar refractivity (Wildman–Crippen MR) is 92.5 cm³/mol. The van der Waals surface area contributed by atoms with Gasteiger partial charge in [-0.3, -0.25) is 19.6 Å². The second-order valence-electron chi connectivity index (χ2n) is 6.23. The number of piperazine rings is 1. The zero-order valence-electron chi connectivity index (χ0n) is 14.2. The van der Waals surface area contributed by atoms with Crippen LogP contribution in [0.4, 0.5) is 0 Å². The van der Waals surface area contributed by atoms with Crippen LogP contribution in [0.2, 0.25) is 0 Å². The molecule has 7 heteroatoms. The van der Waals surface area contributed by atoms with Crippen LogP contribution in [-0.4, -0.2) is 58.6 Å². The van der Waals surface area contributed by atoms with Crippen molar-refractivity contribution in [1.82, 2.24) is 24.9 Å². The van der Waals surface area contributed by atoms with Crippen molar-refractivity contribution in [3.05, 3.63) is 40.4 Å². The molecular weight excluding hydrogens is 306 g/mol. The first kappa shape index (κ1) is 16.6. The first-order valence-electron chi connectivity index (χ1n) is 8.22. The van der Waals surface area contributed by atoms with Crippen LogP contribution in [0.5, 0.6) is 0 Å². The van der Waals surface area contributed by atoms with Crippen molar-refractivity contribution in [2.75, 3.05) is 33.2 Å². The molecule has 0 saturated carbocycles. The first-order valence-corrected chi connectivity index (χ1v) is 8.22. The Labute approximate surface area is 140 Å². The Kier molecular flexibility index (Phi) is 4.92. The number of para-hydroxylation sites is 1. The lowest BCUT2D eigenvalue weighted by molar-refractivity contribution is -0.126. The van der Waals surface area contributed by atoms with E-state index in [-0.39, 0.29) is 11.5 Å². The van der Waals surface area contributed by atoms with Gasteiger partial charge in [-0.1, -0.05) is 12.1 Å². The summed E-state index contributed by atoms with van der Waals surface area (Å²) in [6.07, 6.45) is 0.751. The van der Waals surface area contributed by atoms with Gasteiger partial charge in [0.15, 0.2) is 0 Å². The average molecular weight is 329 g/mol. The molecule has 0 atom stereocenters. The maximum absolute atomic E-state index is 12.4. The number of hydrogen-bond donors (Lipinski definition) is 1. The molecule has 24 heavy (non-hydrogen) atoms. The second kappa shape index (κ2) is 7.11. The van der Waals surface area contributed by atoms with E-state index < -0.39 is 0 Å². The SMILES string of the molecule is CN1CCN(NC(=O)CCc2nc3ccccc3c(=O)n2C)CC1. The number of hydrogen-bond acceptors (Lipinski definition) is 5. The highest BCUT2D eigenvalue weighted by Gasteiger charge is 2.16. The number of benzene rings is 1. The maximum atomic E-state index is 12.4. The Hall–Kier alpha value is -2.25. The largest absolute Gasteiger partial charge is 0.304 e. The summed E-state index contributed by atoms with van der Waals surface area (Å²) in [5, 5.41) is 2.56. The number of rotatable bonds is 4. The fraction of sp³-hybridized carbons (Fsp3) is 0.471. The number of carbonyl (C=O) groups is 1. The molecule has 1 N–H and O–H groups in total. The van der Waals surface area contributed by atoms with Crippen molar-refractivity contribution in [3.63, 3.8) is 0 Å². The highest BCUT2D eigenvalue weighted by Crippen LogP contribution is 2.08. The lowest BCUT2D eigenvalue weighted by Crippen LogP contribution is -2.52. The molecule has 0 aliphatic carbocycles. The monoisotopic (exact) mass is 329 g/mol. The summed E-state index contributed by atoms with van der Waals surface area (Å²) in [7, 11) is 3.78. The fourth-order valence-corrected chi connectivity index (χ4v) is 2.86. The third-order valence-electron chi connectivity index (χ3n) is 4.44. The standard InChI is InChI=1S/C17H23N5O2/c1-20-9-11-22(12-10-20)19-16(23)8-7-15-18-14-6-4-3-5-13(14)17(24)21(15)2/h3-6H,7-12H2,1-2H3,(H,19,23). The summed E-state index contributed by atoms with van der Waals surface area (Å²) in [5.41, 5.74) is 3.54. The molecule has 1 amide bonds. The molecular formula is C17H23N5O2. The maximum Gasteiger partial charge on any atom is 0.261 e. The van der Waals surface area contributed by atoms with Crippen molar-refractivity contribution < 1.29 is 4.79 Å². The van der Waals surface area contributed by atoms with E-state index in [1.54, 1.807) is 13.1 Å². The highest BCUT2D eigenvalue weighted by molar-refractivity contribution is 5.78. The average Bonchev–Trinajstić information content (AvgIpc) is 2.59. The summed E-state index contributed by atoms with van der Waals surface area (Å²) in [5.74, 6) is 0.592. The van der Waals surface area contributed by atoms with Crippen LogP contribution in [-0.2, 0) is 18.3 Å². The Bertz CT molecular complexity index is 793. The smallest absolute Gasteiger partial charge is 0.261 e. The van der Waals surface area contributed by atoms with E-state index >= 15 is 0 Å². The number of amides is 1. The van der Waals surface area contributed by atoms with Gasteiger partial charge in [0, 0.05) is 46.1 Å². The summed E-state index contributed by atoms with van der Waals surface area (Å²) in [6.45, 7) is 3.55. The van der Waals surface area contributed by atoms with Gasteiger partial charge in [0.2, 0.25) is 5.91 Å². The molecule has 1 aliphatic rings. The van der Waals surface area contributed by atoms with Crippen molar-refractivity contribution in [3.8, 4) is 0 Å². The quantitative estimate of drug-likeness (QED) is 0.864. The van der Waals surface area contributed by atoms with Crippen LogP contribution in [0, 0.1) is 0 Å². The second-order valence-corrected chi connectivity index (χ2v) is 6.23. The third-order valence-corrected chi connectivity index (χ3v) is 4.44. The highest BCUT2D eigenvalue weighted by atomic mass is 16.2. The van der Waals surface area contributed by atoms with Crippen LogP contribution in [0.3, 0.4) is 0 Å². The molecule has 128 valence electrons. The van der Waals surface area contributed by atoms with Crippen molar-refractivity contribution >= 4 is 16.8 Å². The first-order chi connectivity index (χ1) is 11.5. The number of likely N-dealkylation sites (N-methyl/N-ethyl adjacent to an activating group) is 1. The zero-order valence-corrected chi connectivity index (χ0v) is 14.2. The molecule has 1 aromatic heterocycles. The summed E-state index contributed by atoms with van der Waals surface area (Å²) in [6, 6.07) is 7.28. The Morgan fingerprint density at radius 1 is 1.17 bits per heavy atom. The minimum atomic E-state index is -0.0740. The number of aromatic nitrogens is 2. The molecule has 1 fully saturated rings. The molecule has 0 unspecified atom stereocenters. The molecule has 0 radical (unpaired) electrons. The normalized spacial score (nSPS) is 16.4. The van der Waals surface area contributed by atoms with E-state index in [0.717, 1.165) is 26.2 Å². The molecule has 2 heterocycles. The Balaban J connectivity index is 1.64. The van der Waals surface area contributed by atoms with Gasteiger partial charge in [0.05, 0.1) is 10.9 Å². The van der Waals surface area contributed by atoms with Gasteiger partial charge in [-0.15, -0.1) is 0 Å². The van der Waals surface area contributed by atoms with Crippen LogP contribution in [0.25, 0.3) is 10.9 Å². The van der Waals surface area contributed by atoms with E-state index in [9.17, 15) is 9.59 Å². The van der Waals surface area contributed by atoms with Crippen LogP contribution in [0.1, 0.15) is 12.2 Å². The van der Waals surface area contributed by atoms with Crippen LogP contribution >= 0.6 is 0 Å². The van der Waals surface area contributed by atoms with Crippen LogP contribution in [0.15, 0.2) is 29.1 Å². The number of aryl methyl sites for hydroxylation is 1. The minimum absolute atomic E-state index is 0.0399. The number of nitrogens with one attached hydrogen (secondary N) is 1. The molecule has 0 spiro atoms. The molecule has 3 rings (SSSR count). The molecule has 2 aromatic rings. The topological polar surface area (TPSA) is 70.5 Å². The van der Waals surface area contributed by atoms with Crippen LogP contribution < -0.4 is 11.0 Å². The van der Waals surface area contributed by atoms with Gasteiger partial charge in [-0.2, -0.15) is 0 Å².